The Morgan fingerprint density at radius 2 is 1.57 bits per heavy atom. The van der Waals surface area contributed by atoms with Crippen LogP contribution in [0.1, 0.15) is 27.0 Å². The molecule has 0 saturated carbocycles. The molecule has 0 unspecified atom stereocenters. The fourth-order valence-electron chi connectivity index (χ4n) is 3.32. The first-order valence-corrected chi connectivity index (χ1v) is 14.0. The summed E-state index contributed by atoms with van der Waals surface area (Å²) in [7, 11) is 0. The second-order valence-corrected chi connectivity index (χ2v) is 11.0. The summed E-state index contributed by atoms with van der Waals surface area (Å²) in [5.74, 6) is 0.851. The van der Waals surface area contributed by atoms with E-state index in [1.165, 1.54) is 0 Å². The van der Waals surface area contributed by atoms with Gasteiger partial charge in [0.2, 0.25) is 0 Å². The molecule has 0 radical (unpaired) electrons. The van der Waals surface area contributed by atoms with Gasteiger partial charge in [0.25, 0.3) is 5.91 Å². The van der Waals surface area contributed by atoms with E-state index in [2.05, 4.69) is 55.7 Å². The third-order valence-electron chi connectivity index (χ3n) is 5.16. The van der Waals surface area contributed by atoms with Crippen LogP contribution in [0.15, 0.2) is 90.0 Å². The molecule has 37 heavy (non-hydrogen) atoms. The SMILES string of the molecule is O=C(N/N=C/c1cc(I)c(OCc2ccccc2)c(I)c1)c1ccccc1OCc1ccc(Cl)cc1Cl. The van der Waals surface area contributed by atoms with Crippen molar-refractivity contribution in [3.63, 3.8) is 0 Å². The van der Waals surface area contributed by atoms with E-state index in [0.29, 0.717) is 28.0 Å². The molecule has 0 heterocycles. The fourth-order valence-corrected chi connectivity index (χ4v) is 5.91. The monoisotopic (exact) mass is 756 g/mol. The summed E-state index contributed by atoms with van der Waals surface area (Å²) in [6.45, 7) is 0.682. The van der Waals surface area contributed by atoms with Crippen molar-refractivity contribution in [3.8, 4) is 11.5 Å². The van der Waals surface area contributed by atoms with Gasteiger partial charge >= 0.3 is 0 Å². The van der Waals surface area contributed by atoms with Gasteiger partial charge in [0, 0.05) is 15.6 Å². The van der Waals surface area contributed by atoms with E-state index in [0.717, 1.165) is 29.6 Å². The predicted molar refractivity (Wildman–Crippen MR) is 165 cm³/mol. The van der Waals surface area contributed by atoms with E-state index in [4.69, 9.17) is 32.7 Å². The second-order valence-electron chi connectivity index (χ2n) is 7.81. The summed E-state index contributed by atoms with van der Waals surface area (Å²) >= 11 is 16.7. The molecule has 0 atom stereocenters. The minimum Gasteiger partial charge on any atom is -0.488 e. The Bertz CT molecular complexity index is 1410. The third-order valence-corrected chi connectivity index (χ3v) is 7.35. The number of carbonyl (C=O) groups is 1. The average Bonchev–Trinajstić information content (AvgIpc) is 2.88. The lowest BCUT2D eigenvalue weighted by Gasteiger charge is -2.12. The number of nitrogens with zero attached hydrogens (tertiary/aromatic N) is 1. The van der Waals surface area contributed by atoms with Gasteiger partial charge in [0.05, 0.1) is 18.9 Å². The highest BCUT2D eigenvalue weighted by molar-refractivity contribution is 14.1. The van der Waals surface area contributed by atoms with Crippen molar-refractivity contribution in [1.82, 2.24) is 5.43 Å². The van der Waals surface area contributed by atoms with Crippen LogP contribution in [-0.4, -0.2) is 12.1 Å². The van der Waals surface area contributed by atoms with Crippen molar-refractivity contribution < 1.29 is 14.3 Å². The number of hydrazone groups is 1. The summed E-state index contributed by atoms with van der Waals surface area (Å²) in [5, 5.41) is 5.19. The molecular formula is C28H20Cl2I2N2O3. The van der Waals surface area contributed by atoms with Gasteiger partial charge in [-0.2, -0.15) is 5.10 Å². The van der Waals surface area contributed by atoms with Gasteiger partial charge in [-0.3, -0.25) is 4.79 Å². The van der Waals surface area contributed by atoms with Crippen molar-refractivity contribution in [2.24, 2.45) is 5.10 Å². The van der Waals surface area contributed by atoms with Gasteiger partial charge in [-0.15, -0.1) is 0 Å². The van der Waals surface area contributed by atoms with Crippen molar-refractivity contribution in [2.75, 3.05) is 0 Å². The number of carbonyl (C=O) groups excluding carboxylic acids is 1. The van der Waals surface area contributed by atoms with Crippen LogP contribution >= 0.6 is 68.4 Å². The van der Waals surface area contributed by atoms with Gasteiger partial charge in [-0.1, -0.05) is 71.7 Å². The van der Waals surface area contributed by atoms with E-state index in [-0.39, 0.29) is 12.5 Å². The van der Waals surface area contributed by atoms with Gasteiger partial charge in [-0.25, -0.2) is 5.43 Å². The third kappa shape index (κ3) is 7.83. The van der Waals surface area contributed by atoms with E-state index >= 15 is 0 Å². The Balaban J connectivity index is 1.39. The van der Waals surface area contributed by atoms with E-state index < -0.39 is 0 Å². The molecule has 5 nitrogen and oxygen atoms in total. The van der Waals surface area contributed by atoms with Crippen LogP contribution in [0.25, 0.3) is 0 Å². The highest BCUT2D eigenvalue weighted by Crippen LogP contribution is 2.29. The molecule has 4 rings (SSSR count). The van der Waals surface area contributed by atoms with E-state index in [1.54, 1.807) is 48.7 Å². The Hall–Kier alpha value is -2.34. The molecule has 1 N–H and O–H groups in total. The minimum atomic E-state index is -0.388. The number of nitrogens with one attached hydrogen (secondary N) is 1. The molecule has 0 aliphatic rings. The summed E-state index contributed by atoms with van der Waals surface area (Å²) in [4.78, 5) is 12.8. The normalized spacial score (nSPS) is 10.9. The van der Waals surface area contributed by atoms with E-state index in [1.807, 2.05) is 42.5 Å². The molecule has 0 bridgehead atoms. The highest BCUT2D eigenvalue weighted by atomic mass is 127. The maximum Gasteiger partial charge on any atom is 0.275 e. The van der Waals surface area contributed by atoms with Crippen LogP contribution in [0.4, 0.5) is 0 Å². The predicted octanol–water partition coefficient (Wildman–Crippen LogP) is 8.12. The van der Waals surface area contributed by atoms with Gasteiger partial charge in [-0.05, 0) is 92.7 Å². The topological polar surface area (TPSA) is 59.9 Å². The molecule has 0 aliphatic heterocycles. The van der Waals surface area contributed by atoms with Crippen LogP contribution in [-0.2, 0) is 13.2 Å². The molecule has 0 spiro atoms. The maximum absolute atomic E-state index is 12.8. The zero-order chi connectivity index (χ0) is 26.2. The Morgan fingerprint density at radius 3 is 2.30 bits per heavy atom. The Labute approximate surface area is 252 Å². The van der Waals surface area contributed by atoms with Crippen LogP contribution < -0.4 is 14.9 Å². The van der Waals surface area contributed by atoms with E-state index in [9.17, 15) is 4.79 Å². The Morgan fingerprint density at radius 1 is 0.865 bits per heavy atom. The maximum atomic E-state index is 12.8. The number of rotatable bonds is 9. The zero-order valence-corrected chi connectivity index (χ0v) is 25.1. The number of amides is 1. The number of ether oxygens (including phenoxy) is 2. The number of para-hydroxylation sites is 1. The van der Waals surface area contributed by atoms with Crippen molar-refractivity contribution in [1.29, 1.82) is 0 Å². The van der Waals surface area contributed by atoms with Gasteiger partial charge in [0.15, 0.2) is 0 Å². The molecule has 0 aliphatic carbocycles. The number of benzene rings is 4. The van der Waals surface area contributed by atoms with Crippen molar-refractivity contribution >= 4 is 80.5 Å². The van der Waals surface area contributed by atoms with Crippen molar-refractivity contribution in [3.05, 3.63) is 124 Å². The van der Waals surface area contributed by atoms with Gasteiger partial charge < -0.3 is 9.47 Å². The fraction of sp³-hybridized carbons (Fsp3) is 0.0714. The molecule has 0 aromatic heterocycles. The first-order chi connectivity index (χ1) is 17.9. The molecule has 9 heteroatoms. The summed E-state index contributed by atoms with van der Waals surface area (Å²) in [6, 6.07) is 26.1. The number of hydrogen-bond acceptors (Lipinski definition) is 4. The highest BCUT2D eigenvalue weighted by Gasteiger charge is 2.13. The molecule has 188 valence electrons. The average molecular weight is 757 g/mol. The van der Waals surface area contributed by atoms with Crippen LogP contribution in [0, 0.1) is 7.14 Å². The molecule has 0 fully saturated rings. The minimum absolute atomic E-state index is 0.194. The second kappa shape index (κ2) is 13.5. The Kier molecular flexibility index (Phi) is 10.1. The molecule has 0 saturated heterocycles. The standard InChI is InChI=1S/C28H20Cl2I2N2O3/c29-21-11-10-20(23(30)14-21)17-36-26-9-5-4-8-22(26)28(35)34-33-15-19-12-24(31)27(25(32)13-19)37-16-18-6-2-1-3-7-18/h1-15H,16-17H2,(H,34,35)/b33-15+. The van der Waals surface area contributed by atoms with Crippen LogP contribution in [0.3, 0.4) is 0 Å². The number of halogens is 4. The van der Waals surface area contributed by atoms with Gasteiger partial charge in [0.1, 0.15) is 24.7 Å². The molecular weight excluding hydrogens is 737 g/mol. The quantitative estimate of drug-likeness (QED) is 0.107. The lowest BCUT2D eigenvalue weighted by Crippen LogP contribution is -2.18. The van der Waals surface area contributed by atoms with Crippen molar-refractivity contribution in [2.45, 2.75) is 13.2 Å². The summed E-state index contributed by atoms with van der Waals surface area (Å²) in [6.07, 6.45) is 1.60. The lowest BCUT2D eigenvalue weighted by atomic mass is 10.2. The lowest BCUT2D eigenvalue weighted by molar-refractivity contribution is 0.0950. The zero-order valence-electron chi connectivity index (χ0n) is 19.3. The molecule has 4 aromatic carbocycles. The van der Waals surface area contributed by atoms with Crippen LogP contribution in [0.2, 0.25) is 10.0 Å². The largest absolute Gasteiger partial charge is 0.488 e. The molecule has 4 aromatic rings. The van der Waals surface area contributed by atoms with Crippen LogP contribution in [0.5, 0.6) is 11.5 Å². The molecule has 1 amide bonds. The smallest absolute Gasteiger partial charge is 0.275 e. The number of hydrogen-bond donors (Lipinski definition) is 1. The first kappa shape index (κ1) is 27.7. The summed E-state index contributed by atoms with van der Waals surface area (Å²) < 4.78 is 13.8. The first-order valence-electron chi connectivity index (χ1n) is 11.1. The summed E-state index contributed by atoms with van der Waals surface area (Å²) in [5.41, 5.74) is 5.64.